The molecule has 1 heterocycles. The quantitative estimate of drug-likeness (QED) is 0.478. The molecule has 27 heavy (non-hydrogen) atoms. The van der Waals surface area contributed by atoms with Crippen LogP contribution in [0.4, 0.5) is 5.69 Å². The van der Waals surface area contributed by atoms with E-state index < -0.39 is 0 Å². The van der Waals surface area contributed by atoms with E-state index in [0.29, 0.717) is 33.3 Å². The zero-order valence-electron chi connectivity index (χ0n) is 14.7. The summed E-state index contributed by atoms with van der Waals surface area (Å²) in [5.74, 6) is 0.293. The van der Waals surface area contributed by atoms with Crippen LogP contribution in [0.1, 0.15) is 22.8 Å². The second kappa shape index (κ2) is 7.25. The van der Waals surface area contributed by atoms with Crippen LogP contribution in [-0.2, 0) is 6.42 Å². The van der Waals surface area contributed by atoms with Gasteiger partial charge in [0.1, 0.15) is 5.52 Å². The molecule has 1 N–H and O–H groups in total. The molecule has 0 unspecified atom stereocenters. The van der Waals surface area contributed by atoms with Gasteiger partial charge < -0.3 is 9.73 Å². The fourth-order valence-corrected chi connectivity index (χ4v) is 3.07. The maximum absolute atomic E-state index is 12.4. The molecule has 4 aromatic rings. The van der Waals surface area contributed by atoms with Gasteiger partial charge >= 0.3 is 0 Å². The molecule has 0 saturated carbocycles. The van der Waals surface area contributed by atoms with Crippen LogP contribution < -0.4 is 5.32 Å². The van der Waals surface area contributed by atoms with E-state index in [2.05, 4.69) is 17.2 Å². The standard InChI is InChI=1S/C22H17ClN2O2/c1-2-14-7-9-15(10-8-14)21(26)24-16-11-12-20-19(13-16)25-22(27-20)17-5-3-4-6-18(17)23/h3-13H,2H2,1H3,(H,24,26). The average molecular weight is 377 g/mol. The monoisotopic (exact) mass is 376 g/mol. The molecule has 1 aromatic heterocycles. The topological polar surface area (TPSA) is 55.1 Å². The minimum atomic E-state index is -0.160. The highest BCUT2D eigenvalue weighted by Crippen LogP contribution is 2.30. The molecule has 0 aliphatic heterocycles. The Bertz CT molecular complexity index is 1120. The number of carbonyl (C=O) groups excluding carboxylic acids is 1. The van der Waals surface area contributed by atoms with E-state index in [-0.39, 0.29) is 5.91 Å². The SMILES string of the molecule is CCc1ccc(C(=O)Nc2ccc3oc(-c4ccccc4Cl)nc3c2)cc1. The number of carbonyl (C=O) groups is 1. The number of halogens is 1. The third kappa shape index (κ3) is 3.57. The van der Waals surface area contributed by atoms with Gasteiger partial charge in [-0.05, 0) is 54.4 Å². The van der Waals surface area contributed by atoms with Crippen LogP contribution in [0.3, 0.4) is 0 Å². The van der Waals surface area contributed by atoms with E-state index in [1.807, 2.05) is 42.5 Å². The summed E-state index contributed by atoms with van der Waals surface area (Å²) in [7, 11) is 0. The number of oxazole rings is 1. The van der Waals surface area contributed by atoms with Crippen LogP contribution >= 0.6 is 11.6 Å². The van der Waals surface area contributed by atoms with Gasteiger partial charge in [0.2, 0.25) is 5.89 Å². The van der Waals surface area contributed by atoms with Crippen molar-refractivity contribution in [1.29, 1.82) is 0 Å². The minimum absolute atomic E-state index is 0.160. The third-order valence-electron chi connectivity index (χ3n) is 4.37. The van der Waals surface area contributed by atoms with Crippen molar-refractivity contribution >= 4 is 34.3 Å². The van der Waals surface area contributed by atoms with Crippen LogP contribution in [0.15, 0.2) is 71.1 Å². The molecule has 4 rings (SSSR count). The maximum Gasteiger partial charge on any atom is 0.255 e. The van der Waals surface area contributed by atoms with Gasteiger partial charge in [-0.15, -0.1) is 0 Å². The molecule has 0 spiro atoms. The highest BCUT2D eigenvalue weighted by Gasteiger charge is 2.12. The fraction of sp³-hybridized carbons (Fsp3) is 0.0909. The fourth-order valence-electron chi connectivity index (χ4n) is 2.85. The van der Waals surface area contributed by atoms with Crippen molar-refractivity contribution < 1.29 is 9.21 Å². The van der Waals surface area contributed by atoms with E-state index in [1.165, 1.54) is 5.56 Å². The highest BCUT2D eigenvalue weighted by atomic mass is 35.5. The predicted octanol–water partition coefficient (Wildman–Crippen LogP) is 5.96. The van der Waals surface area contributed by atoms with Gasteiger partial charge in [0.05, 0.1) is 10.6 Å². The molecule has 0 fully saturated rings. The first kappa shape index (κ1) is 17.3. The molecular formula is C22H17ClN2O2. The highest BCUT2D eigenvalue weighted by molar-refractivity contribution is 6.33. The number of benzene rings is 3. The molecule has 0 atom stereocenters. The van der Waals surface area contributed by atoms with Crippen molar-refractivity contribution in [1.82, 2.24) is 4.98 Å². The van der Waals surface area contributed by atoms with Gasteiger partial charge in [-0.1, -0.05) is 42.8 Å². The number of rotatable bonds is 4. The Balaban J connectivity index is 1.59. The number of hydrogen-bond donors (Lipinski definition) is 1. The lowest BCUT2D eigenvalue weighted by Gasteiger charge is -2.05. The normalized spacial score (nSPS) is 10.9. The third-order valence-corrected chi connectivity index (χ3v) is 4.70. The molecule has 0 radical (unpaired) electrons. The van der Waals surface area contributed by atoms with Gasteiger partial charge in [-0.2, -0.15) is 0 Å². The van der Waals surface area contributed by atoms with Crippen molar-refractivity contribution in [2.45, 2.75) is 13.3 Å². The zero-order valence-corrected chi connectivity index (χ0v) is 15.5. The number of amides is 1. The summed E-state index contributed by atoms with van der Waals surface area (Å²) in [6.07, 6.45) is 0.943. The van der Waals surface area contributed by atoms with Crippen molar-refractivity contribution in [3.8, 4) is 11.5 Å². The molecule has 0 bridgehead atoms. The Morgan fingerprint density at radius 2 is 1.85 bits per heavy atom. The van der Waals surface area contributed by atoms with Crippen molar-refractivity contribution in [3.63, 3.8) is 0 Å². The first-order chi connectivity index (χ1) is 13.1. The van der Waals surface area contributed by atoms with Gasteiger partial charge in [0.15, 0.2) is 5.58 Å². The van der Waals surface area contributed by atoms with Gasteiger partial charge in [0.25, 0.3) is 5.91 Å². The molecule has 134 valence electrons. The van der Waals surface area contributed by atoms with Crippen molar-refractivity contribution in [2.24, 2.45) is 0 Å². The molecule has 0 aliphatic carbocycles. The Morgan fingerprint density at radius 1 is 1.07 bits per heavy atom. The Labute approximate surface area is 161 Å². The maximum atomic E-state index is 12.4. The van der Waals surface area contributed by atoms with Crippen molar-refractivity contribution in [2.75, 3.05) is 5.32 Å². The van der Waals surface area contributed by atoms with Crippen molar-refractivity contribution in [3.05, 3.63) is 82.9 Å². The largest absolute Gasteiger partial charge is 0.436 e. The Morgan fingerprint density at radius 3 is 2.59 bits per heavy atom. The molecule has 4 nitrogen and oxygen atoms in total. The van der Waals surface area contributed by atoms with E-state index >= 15 is 0 Å². The lowest BCUT2D eigenvalue weighted by molar-refractivity contribution is 0.102. The number of aromatic nitrogens is 1. The summed E-state index contributed by atoms with van der Waals surface area (Å²) in [6.45, 7) is 2.08. The predicted molar refractivity (Wildman–Crippen MR) is 108 cm³/mol. The van der Waals surface area contributed by atoms with Gasteiger partial charge in [-0.25, -0.2) is 4.98 Å². The van der Waals surface area contributed by atoms with Crippen LogP contribution in [0.25, 0.3) is 22.6 Å². The van der Waals surface area contributed by atoms with Crippen LogP contribution in [-0.4, -0.2) is 10.9 Å². The number of anilines is 1. The molecule has 3 aromatic carbocycles. The second-order valence-electron chi connectivity index (χ2n) is 6.19. The second-order valence-corrected chi connectivity index (χ2v) is 6.59. The minimum Gasteiger partial charge on any atom is -0.436 e. The number of nitrogens with one attached hydrogen (secondary N) is 1. The number of aryl methyl sites for hydroxylation is 1. The zero-order chi connectivity index (χ0) is 18.8. The van der Waals surface area contributed by atoms with E-state index in [9.17, 15) is 4.79 Å². The summed E-state index contributed by atoms with van der Waals surface area (Å²) < 4.78 is 5.80. The lowest BCUT2D eigenvalue weighted by atomic mass is 10.1. The molecule has 5 heteroatoms. The smallest absolute Gasteiger partial charge is 0.255 e. The first-order valence-electron chi connectivity index (χ1n) is 8.70. The number of fused-ring (bicyclic) bond motifs is 1. The van der Waals surface area contributed by atoms with E-state index in [1.54, 1.807) is 24.3 Å². The summed E-state index contributed by atoms with van der Waals surface area (Å²) in [6, 6.07) is 20.4. The van der Waals surface area contributed by atoms with Gasteiger partial charge in [0, 0.05) is 11.3 Å². The molecule has 0 saturated heterocycles. The van der Waals surface area contributed by atoms with Crippen LogP contribution in [0, 0.1) is 0 Å². The summed E-state index contributed by atoms with van der Waals surface area (Å²) in [5.41, 5.74) is 4.49. The van der Waals surface area contributed by atoms with E-state index in [0.717, 1.165) is 12.0 Å². The summed E-state index contributed by atoms with van der Waals surface area (Å²) in [5, 5.41) is 3.48. The molecule has 1 amide bonds. The number of nitrogens with zero attached hydrogens (tertiary/aromatic N) is 1. The van der Waals surface area contributed by atoms with Gasteiger partial charge in [-0.3, -0.25) is 4.79 Å². The Kier molecular flexibility index (Phi) is 4.65. The van der Waals surface area contributed by atoms with E-state index in [4.69, 9.17) is 16.0 Å². The summed E-state index contributed by atoms with van der Waals surface area (Å²) >= 11 is 6.22. The average Bonchev–Trinajstić information content (AvgIpc) is 3.11. The lowest BCUT2D eigenvalue weighted by Crippen LogP contribution is -2.11. The molecule has 0 aliphatic rings. The molecular weight excluding hydrogens is 360 g/mol. The summed E-state index contributed by atoms with van der Waals surface area (Å²) in [4.78, 5) is 17.0. The van der Waals surface area contributed by atoms with Crippen LogP contribution in [0.2, 0.25) is 5.02 Å². The Hall–Kier alpha value is -3.11. The number of hydrogen-bond acceptors (Lipinski definition) is 3. The first-order valence-corrected chi connectivity index (χ1v) is 9.07. The van der Waals surface area contributed by atoms with Crippen LogP contribution in [0.5, 0.6) is 0 Å².